The lowest BCUT2D eigenvalue weighted by Gasteiger charge is -2.03. The van der Waals surface area contributed by atoms with Crippen LogP contribution in [-0.4, -0.2) is 5.97 Å². The summed E-state index contributed by atoms with van der Waals surface area (Å²) in [5.41, 5.74) is 1.83. The van der Waals surface area contributed by atoms with Crippen molar-refractivity contribution in [3.63, 3.8) is 0 Å². The second kappa shape index (κ2) is 6.43. The van der Waals surface area contributed by atoms with Gasteiger partial charge in [0.05, 0.1) is 11.4 Å². The number of benzene rings is 2. The van der Waals surface area contributed by atoms with Gasteiger partial charge in [-0.25, -0.2) is 4.79 Å². The molecule has 100 valence electrons. The Morgan fingerprint density at radius 2 is 1.50 bits per heavy atom. The van der Waals surface area contributed by atoms with Gasteiger partial charge in [0.2, 0.25) is 0 Å². The van der Waals surface area contributed by atoms with Crippen LogP contribution in [0.25, 0.3) is 0 Å². The van der Waals surface area contributed by atoms with Crippen LogP contribution in [0.1, 0.15) is 6.92 Å². The first-order valence-electron chi connectivity index (χ1n) is 6.10. The van der Waals surface area contributed by atoms with Crippen molar-refractivity contribution in [2.24, 2.45) is 10.2 Å². The van der Waals surface area contributed by atoms with Crippen molar-refractivity contribution in [1.29, 1.82) is 0 Å². The van der Waals surface area contributed by atoms with Gasteiger partial charge >= 0.3 is 5.97 Å². The molecule has 0 N–H and O–H groups in total. The van der Waals surface area contributed by atoms with Gasteiger partial charge in [-0.05, 0) is 43.3 Å². The van der Waals surface area contributed by atoms with Crippen molar-refractivity contribution in [1.82, 2.24) is 0 Å². The molecule has 4 heteroatoms. The molecule has 0 unspecified atom stereocenters. The Morgan fingerprint density at radius 3 is 2.05 bits per heavy atom. The summed E-state index contributed by atoms with van der Waals surface area (Å²) in [5.74, 6) is 0.0142. The Bertz CT molecular complexity index is 631. The number of carbonyl (C=O) groups excluding carboxylic acids is 1. The van der Waals surface area contributed by atoms with E-state index in [9.17, 15) is 4.79 Å². The van der Waals surface area contributed by atoms with E-state index in [1.807, 2.05) is 30.3 Å². The summed E-state index contributed by atoms with van der Waals surface area (Å²) in [5, 5.41) is 8.20. The van der Waals surface area contributed by atoms with E-state index in [-0.39, 0.29) is 0 Å². The zero-order chi connectivity index (χ0) is 14.4. The standard InChI is InChI=1S/C16H14N2O2/c1-12(2)16(19)20-15-10-8-14(9-11-15)18-17-13-6-4-3-5-7-13/h3-11H,1H2,2H3/b18-17+. The van der Waals surface area contributed by atoms with E-state index in [1.165, 1.54) is 0 Å². The molecule has 0 heterocycles. The van der Waals surface area contributed by atoms with E-state index in [0.29, 0.717) is 17.0 Å². The summed E-state index contributed by atoms with van der Waals surface area (Å²) in [6.45, 7) is 5.13. The maximum Gasteiger partial charge on any atom is 0.338 e. The minimum absolute atomic E-state index is 0.359. The van der Waals surface area contributed by atoms with Gasteiger partial charge in [-0.2, -0.15) is 10.2 Å². The molecule has 0 saturated heterocycles. The van der Waals surface area contributed by atoms with E-state index in [0.717, 1.165) is 5.69 Å². The fourth-order valence-electron chi connectivity index (χ4n) is 1.39. The van der Waals surface area contributed by atoms with Crippen molar-refractivity contribution in [3.05, 3.63) is 66.7 Å². The monoisotopic (exact) mass is 266 g/mol. The van der Waals surface area contributed by atoms with E-state index in [4.69, 9.17) is 4.74 Å². The van der Waals surface area contributed by atoms with Crippen LogP contribution in [-0.2, 0) is 4.79 Å². The summed E-state index contributed by atoms with van der Waals surface area (Å²) in [7, 11) is 0. The van der Waals surface area contributed by atoms with E-state index < -0.39 is 5.97 Å². The molecule has 0 amide bonds. The second-order valence-electron chi connectivity index (χ2n) is 4.20. The van der Waals surface area contributed by atoms with Crippen molar-refractivity contribution < 1.29 is 9.53 Å². The van der Waals surface area contributed by atoms with Crippen LogP contribution in [0.3, 0.4) is 0 Å². The van der Waals surface area contributed by atoms with Crippen molar-refractivity contribution in [2.75, 3.05) is 0 Å². The first-order valence-corrected chi connectivity index (χ1v) is 6.10. The Labute approximate surface area is 117 Å². The molecule has 0 aliphatic heterocycles. The normalized spacial score (nSPS) is 10.4. The van der Waals surface area contributed by atoms with Crippen LogP contribution in [0.4, 0.5) is 11.4 Å². The third kappa shape index (κ3) is 3.88. The first kappa shape index (κ1) is 13.7. The maximum atomic E-state index is 11.3. The van der Waals surface area contributed by atoms with Gasteiger partial charge in [-0.3, -0.25) is 0 Å². The highest BCUT2D eigenvalue weighted by Crippen LogP contribution is 2.21. The first-order chi connectivity index (χ1) is 9.65. The fraction of sp³-hybridized carbons (Fsp3) is 0.0625. The molecule has 4 nitrogen and oxygen atoms in total. The zero-order valence-corrected chi connectivity index (χ0v) is 11.1. The van der Waals surface area contributed by atoms with Crippen LogP contribution < -0.4 is 4.74 Å². The summed E-state index contributed by atoms with van der Waals surface area (Å²) in [6.07, 6.45) is 0. The van der Waals surface area contributed by atoms with Gasteiger partial charge in [-0.15, -0.1) is 0 Å². The molecule has 0 aliphatic rings. The quantitative estimate of drug-likeness (QED) is 0.352. The number of ether oxygens (including phenoxy) is 1. The van der Waals surface area contributed by atoms with Gasteiger partial charge in [-0.1, -0.05) is 24.8 Å². The van der Waals surface area contributed by atoms with Crippen LogP contribution in [0.2, 0.25) is 0 Å². The maximum absolute atomic E-state index is 11.3. The Hall–Kier alpha value is -2.75. The molecular formula is C16H14N2O2. The molecule has 2 aromatic rings. The summed E-state index contributed by atoms with van der Waals surface area (Å²) >= 11 is 0. The third-order valence-electron chi connectivity index (χ3n) is 2.43. The van der Waals surface area contributed by atoms with E-state index in [2.05, 4.69) is 16.8 Å². The summed E-state index contributed by atoms with van der Waals surface area (Å²) < 4.78 is 5.08. The van der Waals surface area contributed by atoms with Crippen LogP contribution in [0.15, 0.2) is 77.0 Å². The van der Waals surface area contributed by atoms with Crippen LogP contribution in [0.5, 0.6) is 5.75 Å². The Balaban J connectivity index is 2.03. The molecule has 0 radical (unpaired) electrons. The predicted octanol–water partition coefficient (Wildman–Crippen LogP) is 4.58. The van der Waals surface area contributed by atoms with Gasteiger partial charge in [0.1, 0.15) is 5.75 Å². The number of nitrogens with zero attached hydrogens (tertiary/aromatic N) is 2. The largest absolute Gasteiger partial charge is 0.423 e. The van der Waals surface area contributed by atoms with Gasteiger partial charge in [0.15, 0.2) is 0 Å². The molecule has 0 fully saturated rings. The second-order valence-corrected chi connectivity index (χ2v) is 4.20. The highest BCUT2D eigenvalue weighted by molar-refractivity contribution is 5.88. The summed E-state index contributed by atoms with van der Waals surface area (Å²) in [4.78, 5) is 11.3. The fourth-order valence-corrected chi connectivity index (χ4v) is 1.39. The summed E-state index contributed by atoms with van der Waals surface area (Å²) in [6, 6.07) is 16.2. The van der Waals surface area contributed by atoms with Crippen molar-refractivity contribution in [2.45, 2.75) is 6.92 Å². The molecule has 0 bridgehead atoms. The van der Waals surface area contributed by atoms with Crippen molar-refractivity contribution >= 4 is 17.3 Å². The molecule has 2 aromatic carbocycles. The topological polar surface area (TPSA) is 51.0 Å². The molecule has 0 aromatic heterocycles. The lowest BCUT2D eigenvalue weighted by molar-refractivity contribution is -0.130. The van der Waals surface area contributed by atoms with Crippen molar-refractivity contribution in [3.8, 4) is 5.75 Å². The Kier molecular flexibility index (Phi) is 4.39. The average molecular weight is 266 g/mol. The number of esters is 1. The molecule has 0 spiro atoms. The number of hydrogen-bond acceptors (Lipinski definition) is 4. The minimum Gasteiger partial charge on any atom is -0.423 e. The average Bonchev–Trinajstić information content (AvgIpc) is 2.47. The number of azo groups is 1. The smallest absolute Gasteiger partial charge is 0.338 e. The number of hydrogen-bond donors (Lipinski definition) is 0. The highest BCUT2D eigenvalue weighted by Gasteiger charge is 2.04. The minimum atomic E-state index is -0.441. The third-order valence-corrected chi connectivity index (χ3v) is 2.43. The number of rotatable bonds is 4. The lowest BCUT2D eigenvalue weighted by Crippen LogP contribution is -2.07. The molecule has 0 atom stereocenters. The molecular weight excluding hydrogens is 252 g/mol. The molecule has 2 rings (SSSR count). The van der Waals surface area contributed by atoms with Gasteiger partial charge < -0.3 is 4.74 Å². The molecule has 0 saturated carbocycles. The van der Waals surface area contributed by atoms with Gasteiger partial charge in [0.25, 0.3) is 0 Å². The lowest BCUT2D eigenvalue weighted by atomic mass is 10.3. The SMILES string of the molecule is C=C(C)C(=O)Oc1ccc(/N=N/c2ccccc2)cc1. The van der Waals surface area contributed by atoms with Crippen LogP contribution in [0, 0.1) is 0 Å². The molecule has 20 heavy (non-hydrogen) atoms. The highest BCUT2D eigenvalue weighted by atomic mass is 16.5. The zero-order valence-electron chi connectivity index (χ0n) is 11.1. The van der Waals surface area contributed by atoms with E-state index in [1.54, 1.807) is 31.2 Å². The van der Waals surface area contributed by atoms with Crippen LogP contribution >= 0.6 is 0 Å². The Morgan fingerprint density at radius 1 is 0.950 bits per heavy atom. The van der Waals surface area contributed by atoms with Gasteiger partial charge in [0, 0.05) is 5.57 Å². The number of carbonyl (C=O) groups is 1. The van der Waals surface area contributed by atoms with E-state index >= 15 is 0 Å². The predicted molar refractivity (Wildman–Crippen MR) is 77.5 cm³/mol. The molecule has 0 aliphatic carbocycles.